The van der Waals surface area contributed by atoms with Gasteiger partial charge in [0.25, 0.3) is 5.91 Å². The molecule has 0 saturated heterocycles. The Balaban J connectivity index is 2.77. The van der Waals surface area contributed by atoms with Crippen LogP contribution in [-0.4, -0.2) is 5.91 Å². The van der Waals surface area contributed by atoms with E-state index in [4.69, 9.17) is 1.41 Å². The molecule has 0 aliphatic rings. The molecule has 0 saturated carbocycles. The van der Waals surface area contributed by atoms with Crippen molar-refractivity contribution in [1.29, 1.82) is 0 Å². The van der Waals surface area contributed by atoms with Gasteiger partial charge in [0.15, 0.2) is 1.41 Å². The van der Waals surface area contributed by atoms with Crippen LogP contribution in [0.25, 0.3) is 0 Å². The quantitative estimate of drug-likeness (QED) is 0.598. The van der Waals surface area contributed by atoms with Crippen LogP contribution in [0, 0.1) is 0 Å². The van der Waals surface area contributed by atoms with E-state index >= 15 is 0 Å². The maximum atomic E-state index is 10.6. The lowest BCUT2D eigenvalue weighted by Crippen LogP contribution is -2.07. The van der Waals surface area contributed by atoms with Crippen LogP contribution in [-0.2, 0) is 0 Å². The van der Waals surface area contributed by atoms with E-state index in [2.05, 4.69) is 0 Å². The molecule has 0 radical (unpaired) electrons. The van der Waals surface area contributed by atoms with Gasteiger partial charge in [0.05, 0.1) is 4.88 Å². The minimum Gasteiger partial charge on any atom is -0.365 e. The Morgan fingerprint density at radius 2 is 2.88 bits per heavy atom. The molecule has 0 atom stereocenters. The van der Waals surface area contributed by atoms with Crippen LogP contribution < -0.4 is 5.73 Å². The predicted molar refractivity (Wildman–Crippen MR) is 32.8 cm³/mol. The lowest BCUT2D eigenvalue weighted by atomic mass is 10.5. The van der Waals surface area contributed by atoms with E-state index in [1.807, 2.05) is 0 Å². The molecular weight excluding hydrogens is 122 g/mol. The summed E-state index contributed by atoms with van der Waals surface area (Å²) in [5.74, 6) is -0.343. The number of amides is 1. The van der Waals surface area contributed by atoms with Crippen molar-refractivity contribution in [2.45, 2.75) is 0 Å². The monoisotopic (exact) mass is 128 g/mol. The molecule has 0 fully saturated rings. The van der Waals surface area contributed by atoms with Crippen LogP contribution in [0.2, 0.25) is 1.41 Å². The third-order valence-electron chi connectivity index (χ3n) is 0.745. The van der Waals surface area contributed by atoms with E-state index in [0.29, 0.717) is 4.88 Å². The molecule has 2 nitrogen and oxygen atoms in total. The zero-order valence-electron chi connectivity index (χ0n) is 5.05. The van der Waals surface area contributed by atoms with Crippen molar-refractivity contribution in [2.24, 2.45) is 5.73 Å². The van der Waals surface area contributed by atoms with Crippen molar-refractivity contribution in [3.8, 4) is 0 Å². The summed E-state index contributed by atoms with van der Waals surface area (Å²) in [5.41, 5.74) is 1.79. The van der Waals surface area contributed by atoms with Crippen molar-refractivity contribution in [3.05, 3.63) is 22.4 Å². The minimum absolute atomic E-state index is 0.343. The van der Waals surface area contributed by atoms with E-state index in [1.165, 1.54) is 11.3 Å². The fraction of sp³-hybridized carbons (Fsp3) is 0. The number of hydrogen-bond acceptors (Lipinski definition) is 2. The zero-order chi connectivity index (χ0) is 6.69. The third-order valence-corrected chi connectivity index (χ3v) is 1.61. The van der Waals surface area contributed by atoms with Gasteiger partial charge in [-0.2, -0.15) is 0 Å². The van der Waals surface area contributed by atoms with Crippen molar-refractivity contribution >= 4 is 17.2 Å². The maximum absolute atomic E-state index is 10.6. The van der Waals surface area contributed by atoms with Crippen LogP contribution in [0.3, 0.4) is 0 Å². The molecule has 1 heterocycles. The summed E-state index contributed by atoms with van der Waals surface area (Å²) in [6.07, 6.45) is 0. The maximum Gasteiger partial charge on any atom is 0.258 e. The second-order valence-electron chi connectivity index (χ2n) is 1.31. The molecule has 42 valence electrons. The molecule has 8 heavy (non-hydrogen) atoms. The summed E-state index contributed by atoms with van der Waals surface area (Å²) in [7, 11) is 0. The molecule has 3 heteroatoms. The summed E-state index contributed by atoms with van der Waals surface area (Å²) < 4.78 is 6.49. The Morgan fingerprint density at radius 3 is 3.38 bits per heavy atom. The van der Waals surface area contributed by atoms with E-state index < -0.39 is 0 Å². The van der Waals surface area contributed by atoms with Crippen LogP contribution in [0.1, 0.15) is 9.67 Å². The van der Waals surface area contributed by atoms with E-state index in [-0.39, 0.29) is 5.91 Å². The highest BCUT2D eigenvalue weighted by Gasteiger charge is 1.96. The molecule has 0 bridgehead atoms. The lowest BCUT2D eigenvalue weighted by molar-refractivity contribution is 0.100. The standard InChI is InChI=1S/C5H5NOS/c6-5(7)4-2-1-3-8-4/h1-3H,(H2,6,7)/i/hD. The van der Waals surface area contributed by atoms with Gasteiger partial charge in [0.2, 0.25) is 0 Å². The number of nitrogens with two attached hydrogens (primary N) is 1. The highest BCUT2D eigenvalue weighted by molar-refractivity contribution is 7.12. The first-order valence-electron chi connectivity index (χ1n) is 2.60. The number of rotatable bonds is 1. The van der Waals surface area contributed by atoms with Crippen molar-refractivity contribution < 1.29 is 6.21 Å². The molecule has 1 rings (SSSR count). The molecular formula is C5H5NOS. The van der Waals surface area contributed by atoms with Gasteiger partial charge in [-0.25, -0.2) is 0 Å². The Morgan fingerprint density at radius 1 is 2.00 bits per heavy atom. The summed E-state index contributed by atoms with van der Waals surface area (Å²) in [4.78, 5) is 11.2. The van der Waals surface area contributed by atoms with Crippen molar-refractivity contribution in [1.82, 2.24) is 0 Å². The average molecular weight is 128 g/mol. The van der Waals surface area contributed by atoms with Crippen molar-refractivity contribution in [3.63, 3.8) is 0 Å². The third kappa shape index (κ3) is 0.869. The Hall–Kier alpha value is -0.830. The van der Waals surface area contributed by atoms with Crippen LogP contribution >= 0.6 is 11.3 Å². The molecule has 1 aromatic rings. The largest absolute Gasteiger partial charge is 0.365 e. The normalized spacial score (nSPS) is 10.2. The molecule has 0 aliphatic carbocycles. The summed E-state index contributed by atoms with van der Waals surface area (Å²) in [6.45, 7) is 0. The SMILES string of the molecule is [2H]NC(=O)c1cccs1. The first-order valence-corrected chi connectivity index (χ1v) is 2.98. The molecule has 0 aliphatic heterocycles. The predicted octanol–water partition coefficient (Wildman–Crippen LogP) is 0.847. The average Bonchev–Trinajstić information content (AvgIpc) is 2.37. The molecule has 0 unspecified atom stereocenters. The van der Waals surface area contributed by atoms with Gasteiger partial charge in [0, 0.05) is 0 Å². The van der Waals surface area contributed by atoms with E-state index in [1.54, 1.807) is 23.2 Å². The Bertz CT molecular complexity index is 197. The van der Waals surface area contributed by atoms with Crippen LogP contribution in [0.5, 0.6) is 0 Å². The van der Waals surface area contributed by atoms with Gasteiger partial charge in [-0.3, -0.25) is 4.79 Å². The van der Waals surface area contributed by atoms with Crippen molar-refractivity contribution in [2.75, 3.05) is 0 Å². The number of carbonyl (C=O) groups excluding carboxylic acids is 1. The minimum atomic E-state index is -0.343. The lowest BCUT2D eigenvalue weighted by Gasteiger charge is -1.80. The number of thiophene rings is 1. The second-order valence-corrected chi connectivity index (χ2v) is 2.25. The van der Waals surface area contributed by atoms with Crippen LogP contribution in [0.4, 0.5) is 0 Å². The van der Waals surface area contributed by atoms with Gasteiger partial charge >= 0.3 is 0 Å². The summed E-state index contributed by atoms with van der Waals surface area (Å²) >= 11 is 1.32. The first kappa shape index (κ1) is 4.09. The second kappa shape index (κ2) is 1.96. The van der Waals surface area contributed by atoms with E-state index in [0.717, 1.165) is 0 Å². The zero-order valence-corrected chi connectivity index (χ0v) is 4.87. The summed E-state index contributed by atoms with van der Waals surface area (Å²) in [6, 6.07) is 3.45. The fourth-order valence-electron chi connectivity index (χ4n) is 0.408. The molecule has 0 spiro atoms. The highest BCUT2D eigenvalue weighted by atomic mass is 32.1. The van der Waals surface area contributed by atoms with Gasteiger partial charge in [-0.15, -0.1) is 11.3 Å². The topological polar surface area (TPSA) is 43.1 Å². The fourth-order valence-corrected chi connectivity index (χ4v) is 0.976. The number of hydrogen-bond donors (Lipinski definition) is 1. The van der Waals surface area contributed by atoms with Gasteiger partial charge in [0.1, 0.15) is 0 Å². The summed E-state index contributed by atoms with van der Waals surface area (Å²) in [5, 5.41) is 1.80. The number of carbonyl (C=O) groups is 1. The molecule has 2 N–H and O–H groups in total. The number of primary amides is 1. The van der Waals surface area contributed by atoms with Gasteiger partial charge in [-0.05, 0) is 11.4 Å². The Labute approximate surface area is 52.4 Å². The molecule has 1 amide bonds. The smallest absolute Gasteiger partial charge is 0.258 e. The molecule has 1 aromatic heterocycles. The van der Waals surface area contributed by atoms with Gasteiger partial charge in [-0.1, -0.05) is 6.07 Å². The van der Waals surface area contributed by atoms with E-state index in [9.17, 15) is 4.79 Å². The van der Waals surface area contributed by atoms with Crippen LogP contribution in [0.15, 0.2) is 17.5 Å². The molecule has 0 aromatic carbocycles. The van der Waals surface area contributed by atoms with Gasteiger partial charge < -0.3 is 5.73 Å². The highest BCUT2D eigenvalue weighted by Crippen LogP contribution is 2.05. The Kier molecular flexibility index (Phi) is 1.00. The first-order chi connectivity index (χ1) is 4.34.